The fraction of sp³-hybridized carbons (Fsp3) is 0.571. The lowest BCUT2D eigenvalue weighted by atomic mass is 9.92. The maximum atomic E-state index is 13.1. The van der Waals surface area contributed by atoms with E-state index in [0.717, 1.165) is 19.4 Å². The van der Waals surface area contributed by atoms with Crippen LogP contribution in [0.2, 0.25) is 0 Å². The van der Waals surface area contributed by atoms with E-state index in [1.807, 2.05) is 4.90 Å². The number of halogens is 1. The van der Waals surface area contributed by atoms with Crippen LogP contribution in [0.15, 0.2) is 18.2 Å². The summed E-state index contributed by atoms with van der Waals surface area (Å²) in [6, 6.07) is 4.78. The van der Waals surface area contributed by atoms with Crippen LogP contribution in [-0.2, 0) is 0 Å². The summed E-state index contributed by atoms with van der Waals surface area (Å²) in [6.07, 6.45) is 5.81. The molecule has 0 radical (unpaired) electrons. The van der Waals surface area contributed by atoms with Crippen molar-refractivity contribution in [1.82, 2.24) is 9.88 Å². The van der Waals surface area contributed by atoms with E-state index in [1.54, 1.807) is 12.1 Å². The first-order valence-corrected chi connectivity index (χ1v) is 6.69. The first-order chi connectivity index (χ1) is 8.75. The van der Waals surface area contributed by atoms with E-state index in [1.165, 1.54) is 25.3 Å². The third kappa shape index (κ3) is 2.00. The number of aromatic nitrogens is 1. The normalized spacial score (nSPS) is 27.1. The number of likely N-dealkylation sites (tertiary alicyclic amines) is 1. The fourth-order valence-electron chi connectivity index (χ4n) is 3.38. The second-order valence-electron chi connectivity index (χ2n) is 5.24. The lowest BCUT2D eigenvalue weighted by Gasteiger charge is -2.37. The van der Waals surface area contributed by atoms with E-state index in [2.05, 4.69) is 4.98 Å². The summed E-state index contributed by atoms with van der Waals surface area (Å²) in [6.45, 7) is 0.790. The number of amides is 1. The molecular formula is C14H17FN2O. The molecule has 3 rings (SSSR count). The van der Waals surface area contributed by atoms with Crippen LogP contribution in [0.3, 0.4) is 0 Å². The van der Waals surface area contributed by atoms with Gasteiger partial charge in [-0.15, -0.1) is 0 Å². The van der Waals surface area contributed by atoms with Crippen LogP contribution in [0.4, 0.5) is 4.39 Å². The highest BCUT2D eigenvalue weighted by atomic mass is 19.1. The van der Waals surface area contributed by atoms with Gasteiger partial charge in [0.05, 0.1) is 0 Å². The summed E-state index contributed by atoms with van der Waals surface area (Å²) >= 11 is 0. The van der Waals surface area contributed by atoms with E-state index < -0.39 is 5.95 Å². The van der Waals surface area contributed by atoms with Crippen LogP contribution in [0.5, 0.6) is 0 Å². The van der Waals surface area contributed by atoms with E-state index in [9.17, 15) is 9.18 Å². The van der Waals surface area contributed by atoms with Crippen molar-refractivity contribution in [1.29, 1.82) is 0 Å². The van der Waals surface area contributed by atoms with Crippen molar-refractivity contribution in [3.05, 3.63) is 29.8 Å². The smallest absolute Gasteiger partial charge is 0.272 e. The monoisotopic (exact) mass is 248 g/mol. The summed E-state index contributed by atoms with van der Waals surface area (Å²) < 4.78 is 13.1. The van der Waals surface area contributed by atoms with Crippen molar-refractivity contribution >= 4 is 5.91 Å². The highest BCUT2D eigenvalue weighted by molar-refractivity contribution is 5.92. The van der Waals surface area contributed by atoms with Gasteiger partial charge < -0.3 is 4.90 Å². The fourth-order valence-corrected chi connectivity index (χ4v) is 3.38. The summed E-state index contributed by atoms with van der Waals surface area (Å²) in [5.41, 5.74) is 0.238. The van der Waals surface area contributed by atoms with Crippen molar-refractivity contribution in [3.63, 3.8) is 0 Å². The largest absolute Gasteiger partial charge is 0.334 e. The standard InChI is InChI=1S/C14H17FN2O/c15-13-8-2-6-11(16-13)14(18)17-9-3-5-10-4-1-7-12(10)17/h2,6,8,10,12H,1,3-5,7,9H2. The van der Waals surface area contributed by atoms with Gasteiger partial charge in [0.15, 0.2) is 0 Å². The van der Waals surface area contributed by atoms with Gasteiger partial charge in [-0.3, -0.25) is 4.79 Å². The van der Waals surface area contributed by atoms with Crippen LogP contribution >= 0.6 is 0 Å². The molecule has 18 heavy (non-hydrogen) atoms. The average molecular weight is 248 g/mol. The maximum absolute atomic E-state index is 13.1. The molecule has 1 saturated carbocycles. The molecule has 0 N–H and O–H groups in total. The predicted molar refractivity (Wildman–Crippen MR) is 65.6 cm³/mol. The molecule has 0 aromatic carbocycles. The predicted octanol–water partition coefficient (Wildman–Crippen LogP) is 2.63. The Labute approximate surface area is 106 Å². The number of hydrogen-bond donors (Lipinski definition) is 0. The first-order valence-electron chi connectivity index (χ1n) is 6.69. The molecule has 1 aromatic rings. The zero-order valence-electron chi connectivity index (χ0n) is 10.3. The van der Waals surface area contributed by atoms with Gasteiger partial charge in [0.25, 0.3) is 5.91 Å². The molecule has 3 nitrogen and oxygen atoms in total. The highest BCUT2D eigenvalue weighted by Gasteiger charge is 2.37. The Hall–Kier alpha value is -1.45. The van der Waals surface area contributed by atoms with E-state index in [0.29, 0.717) is 12.0 Å². The van der Waals surface area contributed by atoms with Gasteiger partial charge in [0.2, 0.25) is 5.95 Å². The zero-order valence-corrected chi connectivity index (χ0v) is 10.3. The van der Waals surface area contributed by atoms with Crippen molar-refractivity contribution in [2.45, 2.75) is 38.1 Å². The van der Waals surface area contributed by atoms with E-state index in [4.69, 9.17) is 0 Å². The van der Waals surface area contributed by atoms with Crippen molar-refractivity contribution in [3.8, 4) is 0 Å². The Morgan fingerprint density at radius 1 is 1.28 bits per heavy atom. The number of carbonyl (C=O) groups excluding carboxylic acids is 1. The molecule has 1 aliphatic carbocycles. The molecule has 1 amide bonds. The lowest BCUT2D eigenvalue weighted by molar-refractivity contribution is 0.0541. The molecule has 1 aliphatic heterocycles. The Morgan fingerprint density at radius 2 is 2.11 bits per heavy atom. The van der Waals surface area contributed by atoms with Gasteiger partial charge in [0, 0.05) is 12.6 Å². The molecule has 0 spiro atoms. The summed E-state index contributed by atoms with van der Waals surface area (Å²) in [7, 11) is 0. The lowest BCUT2D eigenvalue weighted by Crippen LogP contribution is -2.46. The Balaban J connectivity index is 1.83. The molecule has 2 atom stereocenters. The molecule has 2 fully saturated rings. The number of carbonyl (C=O) groups is 1. The second kappa shape index (κ2) is 4.67. The topological polar surface area (TPSA) is 33.2 Å². The minimum absolute atomic E-state index is 0.105. The van der Waals surface area contributed by atoms with Gasteiger partial charge in [-0.25, -0.2) is 4.98 Å². The number of piperidine rings is 1. The van der Waals surface area contributed by atoms with Crippen LogP contribution in [0.25, 0.3) is 0 Å². The van der Waals surface area contributed by atoms with Crippen LogP contribution in [0.1, 0.15) is 42.6 Å². The average Bonchev–Trinajstić information content (AvgIpc) is 2.86. The molecule has 1 saturated heterocycles. The first kappa shape index (κ1) is 11.6. The zero-order chi connectivity index (χ0) is 12.5. The number of rotatable bonds is 1. The molecule has 2 heterocycles. The van der Waals surface area contributed by atoms with Gasteiger partial charge in [-0.1, -0.05) is 12.5 Å². The molecule has 0 bridgehead atoms. The van der Waals surface area contributed by atoms with Crippen molar-refractivity contribution < 1.29 is 9.18 Å². The number of pyridine rings is 1. The molecule has 1 aromatic heterocycles. The Morgan fingerprint density at radius 3 is 2.94 bits per heavy atom. The second-order valence-corrected chi connectivity index (χ2v) is 5.24. The van der Waals surface area contributed by atoms with Crippen LogP contribution in [-0.4, -0.2) is 28.4 Å². The minimum atomic E-state index is -0.583. The van der Waals surface area contributed by atoms with Crippen LogP contribution in [0, 0.1) is 11.9 Å². The van der Waals surface area contributed by atoms with Crippen molar-refractivity contribution in [2.75, 3.05) is 6.54 Å². The number of nitrogens with zero attached hydrogens (tertiary/aromatic N) is 2. The maximum Gasteiger partial charge on any atom is 0.272 e. The number of hydrogen-bond acceptors (Lipinski definition) is 2. The molecule has 2 aliphatic rings. The summed E-state index contributed by atoms with van der Waals surface area (Å²) in [5, 5.41) is 0. The van der Waals surface area contributed by atoms with E-state index >= 15 is 0 Å². The van der Waals surface area contributed by atoms with Crippen LogP contribution < -0.4 is 0 Å². The van der Waals surface area contributed by atoms with Gasteiger partial charge in [-0.2, -0.15) is 4.39 Å². The van der Waals surface area contributed by atoms with Gasteiger partial charge in [0.1, 0.15) is 5.69 Å². The quantitative estimate of drug-likeness (QED) is 0.716. The molecule has 2 unspecified atom stereocenters. The van der Waals surface area contributed by atoms with Gasteiger partial charge in [-0.05, 0) is 43.7 Å². The van der Waals surface area contributed by atoms with Crippen molar-refractivity contribution in [2.24, 2.45) is 5.92 Å². The summed E-state index contributed by atoms with van der Waals surface area (Å²) in [4.78, 5) is 18.0. The minimum Gasteiger partial charge on any atom is -0.334 e. The molecule has 4 heteroatoms. The number of fused-ring (bicyclic) bond motifs is 1. The third-order valence-corrected chi connectivity index (χ3v) is 4.19. The Bertz CT molecular complexity index is 463. The highest BCUT2D eigenvalue weighted by Crippen LogP contribution is 2.37. The summed E-state index contributed by atoms with van der Waals surface area (Å²) in [5.74, 6) is -0.0387. The third-order valence-electron chi connectivity index (χ3n) is 4.19. The van der Waals surface area contributed by atoms with E-state index in [-0.39, 0.29) is 11.6 Å². The SMILES string of the molecule is O=C(c1cccc(F)n1)N1CCCC2CCCC21. The van der Waals surface area contributed by atoms with Gasteiger partial charge >= 0.3 is 0 Å². The Kier molecular flexibility index (Phi) is 3.02. The molecule has 96 valence electrons. The molecular weight excluding hydrogens is 231 g/mol.